The molecule has 178 valence electrons. The molecule has 6 fully saturated rings. The van der Waals surface area contributed by atoms with Crippen LogP contribution in [0, 0.1) is 29.1 Å². The van der Waals surface area contributed by atoms with Crippen LogP contribution in [0.5, 0.6) is 0 Å². The molecule has 0 aromatic rings. The number of carbonyl (C=O) groups excluding carboxylic acids is 3. The van der Waals surface area contributed by atoms with Crippen molar-refractivity contribution in [1.82, 2.24) is 10.2 Å². The molecule has 1 heterocycles. The number of likely N-dealkylation sites (tertiary alicyclic amines) is 1. The van der Waals surface area contributed by atoms with Crippen molar-refractivity contribution < 1.29 is 19.1 Å². The van der Waals surface area contributed by atoms with Crippen LogP contribution in [0.4, 0.5) is 0 Å². The van der Waals surface area contributed by atoms with Crippen LogP contribution in [0.2, 0.25) is 0 Å². The van der Waals surface area contributed by atoms with Crippen LogP contribution in [-0.4, -0.2) is 47.9 Å². The second-order valence-electron chi connectivity index (χ2n) is 11.7. The van der Waals surface area contributed by atoms with Crippen LogP contribution in [-0.2, 0) is 19.1 Å². The summed E-state index contributed by atoms with van der Waals surface area (Å²) < 4.78 is 5.59. The Hall–Kier alpha value is -1.59. The molecular weight excluding hydrogens is 404 g/mol. The van der Waals surface area contributed by atoms with Gasteiger partial charge in [0.25, 0.3) is 5.91 Å². The van der Waals surface area contributed by atoms with Gasteiger partial charge in [0.15, 0.2) is 6.10 Å². The highest BCUT2D eigenvalue weighted by Crippen LogP contribution is 2.60. The monoisotopic (exact) mass is 444 g/mol. The number of nitrogens with zero attached hydrogens (tertiary/aromatic N) is 1. The van der Waals surface area contributed by atoms with Crippen molar-refractivity contribution >= 4 is 17.8 Å². The van der Waals surface area contributed by atoms with Crippen molar-refractivity contribution in [3.8, 4) is 0 Å². The molecule has 4 bridgehead atoms. The number of hydrogen-bond donors (Lipinski definition) is 1. The van der Waals surface area contributed by atoms with E-state index in [0.29, 0.717) is 43.2 Å². The molecule has 1 aliphatic heterocycles. The van der Waals surface area contributed by atoms with E-state index >= 15 is 0 Å². The van der Waals surface area contributed by atoms with E-state index in [1.165, 1.54) is 38.5 Å². The van der Waals surface area contributed by atoms with Gasteiger partial charge in [-0.25, -0.2) is 4.79 Å². The molecular formula is C26H40N2O4. The molecule has 5 aliphatic carbocycles. The molecule has 6 rings (SSSR count). The lowest BCUT2D eigenvalue weighted by atomic mass is 9.49. The van der Waals surface area contributed by atoms with Gasteiger partial charge in [0, 0.05) is 13.1 Å². The van der Waals surface area contributed by atoms with Crippen LogP contribution in [0.3, 0.4) is 0 Å². The van der Waals surface area contributed by atoms with Gasteiger partial charge in [-0.1, -0.05) is 19.3 Å². The molecule has 2 amide bonds. The topological polar surface area (TPSA) is 75.7 Å². The van der Waals surface area contributed by atoms with Crippen molar-refractivity contribution in [2.75, 3.05) is 13.1 Å². The van der Waals surface area contributed by atoms with E-state index in [0.717, 1.165) is 38.5 Å². The van der Waals surface area contributed by atoms with Crippen molar-refractivity contribution in [3.63, 3.8) is 0 Å². The molecule has 0 spiro atoms. The van der Waals surface area contributed by atoms with Crippen LogP contribution in [0.25, 0.3) is 0 Å². The molecule has 0 aromatic heterocycles. The van der Waals surface area contributed by atoms with Gasteiger partial charge in [-0.15, -0.1) is 0 Å². The summed E-state index contributed by atoms with van der Waals surface area (Å²) in [5, 5.41) is 2.97. The maximum atomic E-state index is 13.7. The Morgan fingerprint density at radius 2 is 1.56 bits per heavy atom. The van der Waals surface area contributed by atoms with Crippen molar-refractivity contribution in [1.29, 1.82) is 0 Å². The zero-order chi connectivity index (χ0) is 22.3. The first-order valence-electron chi connectivity index (χ1n) is 13.2. The van der Waals surface area contributed by atoms with Crippen LogP contribution in [0.15, 0.2) is 0 Å². The quantitative estimate of drug-likeness (QED) is 0.632. The van der Waals surface area contributed by atoms with Crippen LogP contribution < -0.4 is 5.32 Å². The number of esters is 1. The maximum Gasteiger partial charge on any atom is 0.329 e. The van der Waals surface area contributed by atoms with Crippen molar-refractivity contribution in [3.05, 3.63) is 0 Å². The van der Waals surface area contributed by atoms with Crippen LogP contribution >= 0.6 is 0 Å². The fourth-order valence-electron chi connectivity index (χ4n) is 8.02. The molecule has 2 atom stereocenters. The summed E-state index contributed by atoms with van der Waals surface area (Å²) in [5.74, 6) is 2.22. The number of ether oxygens (including phenoxy) is 1. The minimum atomic E-state index is -0.816. The Balaban J connectivity index is 1.16. The van der Waals surface area contributed by atoms with Gasteiger partial charge in [-0.05, 0) is 94.8 Å². The summed E-state index contributed by atoms with van der Waals surface area (Å²) in [6.07, 6.45) is 13.7. The van der Waals surface area contributed by atoms with Gasteiger partial charge in [0.1, 0.15) is 6.04 Å². The third-order valence-electron chi connectivity index (χ3n) is 9.23. The van der Waals surface area contributed by atoms with Gasteiger partial charge in [-0.3, -0.25) is 9.59 Å². The maximum absolute atomic E-state index is 13.7. The van der Waals surface area contributed by atoms with Gasteiger partial charge >= 0.3 is 5.97 Å². The molecule has 0 aromatic carbocycles. The zero-order valence-corrected chi connectivity index (χ0v) is 19.7. The summed E-state index contributed by atoms with van der Waals surface area (Å²) in [6, 6.07) is -0.524. The molecule has 6 nitrogen and oxygen atoms in total. The second-order valence-corrected chi connectivity index (χ2v) is 11.7. The Morgan fingerprint density at radius 1 is 0.938 bits per heavy atom. The number of amides is 2. The largest absolute Gasteiger partial charge is 0.451 e. The highest BCUT2D eigenvalue weighted by Gasteiger charge is 2.57. The van der Waals surface area contributed by atoms with E-state index in [1.54, 1.807) is 6.92 Å². The number of carbonyl (C=O) groups is 3. The summed E-state index contributed by atoms with van der Waals surface area (Å²) >= 11 is 0. The lowest BCUT2D eigenvalue weighted by molar-refractivity contribution is -0.168. The zero-order valence-electron chi connectivity index (χ0n) is 19.7. The summed E-state index contributed by atoms with van der Waals surface area (Å²) in [4.78, 5) is 41.1. The smallest absolute Gasteiger partial charge is 0.329 e. The SMILES string of the molecule is CC(OC(=O)C1CCCN1C(=O)C12CC3CC(CC(C3)C1)C2)C(=O)NCC1CCCCC1. The van der Waals surface area contributed by atoms with E-state index < -0.39 is 18.1 Å². The molecule has 1 saturated heterocycles. The third kappa shape index (κ3) is 4.31. The summed E-state index contributed by atoms with van der Waals surface area (Å²) in [7, 11) is 0. The van der Waals surface area contributed by atoms with Gasteiger partial charge in [-0.2, -0.15) is 0 Å². The Morgan fingerprint density at radius 3 is 2.19 bits per heavy atom. The Kier molecular flexibility index (Phi) is 6.23. The van der Waals surface area contributed by atoms with E-state index in [1.807, 2.05) is 4.90 Å². The number of nitrogens with one attached hydrogen (secondary N) is 1. The van der Waals surface area contributed by atoms with Crippen molar-refractivity contribution in [2.45, 2.75) is 103 Å². The lowest BCUT2D eigenvalue weighted by Crippen LogP contribution is -2.56. The van der Waals surface area contributed by atoms with E-state index in [2.05, 4.69) is 5.32 Å². The van der Waals surface area contributed by atoms with Crippen molar-refractivity contribution in [2.24, 2.45) is 29.1 Å². The molecule has 2 unspecified atom stereocenters. The summed E-state index contributed by atoms with van der Waals surface area (Å²) in [6.45, 7) is 2.96. The first-order valence-corrected chi connectivity index (χ1v) is 13.2. The van der Waals surface area contributed by atoms with Gasteiger partial charge < -0.3 is 15.0 Å². The number of rotatable bonds is 6. The minimum absolute atomic E-state index is 0.199. The molecule has 6 heteroatoms. The normalized spacial score (nSPS) is 37.3. The standard InChI is InChI=1S/C26H40N2O4/c1-17(23(29)27-16-18-6-3-2-4-7-18)32-24(30)22-8-5-9-28(22)25(31)26-13-19-10-20(14-26)12-21(11-19)15-26/h17-22H,2-16H2,1H3,(H,27,29). The second kappa shape index (κ2) is 8.98. The van der Waals surface area contributed by atoms with Gasteiger partial charge in [0.2, 0.25) is 5.91 Å². The predicted octanol–water partition coefficient (Wildman–Crippen LogP) is 3.82. The Labute approximate surface area is 192 Å². The minimum Gasteiger partial charge on any atom is -0.451 e. The molecule has 32 heavy (non-hydrogen) atoms. The average molecular weight is 445 g/mol. The lowest BCUT2D eigenvalue weighted by Gasteiger charge is -2.56. The molecule has 6 aliphatic rings. The number of hydrogen-bond acceptors (Lipinski definition) is 4. The first kappa shape index (κ1) is 22.2. The molecule has 5 saturated carbocycles. The average Bonchev–Trinajstić information content (AvgIpc) is 3.26. The third-order valence-corrected chi connectivity index (χ3v) is 9.23. The molecule has 0 radical (unpaired) electrons. The van der Waals surface area contributed by atoms with Gasteiger partial charge in [0.05, 0.1) is 5.41 Å². The Bertz CT molecular complexity index is 709. The predicted molar refractivity (Wildman–Crippen MR) is 120 cm³/mol. The van der Waals surface area contributed by atoms with E-state index in [9.17, 15) is 14.4 Å². The van der Waals surface area contributed by atoms with Crippen LogP contribution in [0.1, 0.15) is 90.4 Å². The highest BCUT2D eigenvalue weighted by atomic mass is 16.5. The van der Waals surface area contributed by atoms with E-state index in [4.69, 9.17) is 4.74 Å². The molecule has 1 N–H and O–H groups in total. The first-order chi connectivity index (χ1) is 15.4. The highest BCUT2D eigenvalue weighted by molar-refractivity contribution is 5.90. The fraction of sp³-hybridized carbons (Fsp3) is 0.885. The summed E-state index contributed by atoms with van der Waals surface area (Å²) in [5.41, 5.74) is -0.236. The fourth-order valence-corrected chi connectivity index (χ4v) is 8.02. The van der Waals surface area contributed by atoms with E-state index in [-0.39, 0.29) is 17.2 Å².